The third-order valence-corrected chi connectivity index (χ3v) is 5.55. The molecular formula is C24H30N4O. The molecule has 5 nitrogen and oxygen atoms in total. The molecular weight excluding hydrogens is 360 g/mol. The summed E-state index contributed by atoms with van der Waals surface area (Å²) in [5.41, 5.74) is 8.38. The third-order valence-electron chi connectivity index (χ3n) is 5.55. The zero-order valence-corrected chi connectivity index (χ0v) is 17.9. The summed E-state index contributed by atoms with van der Waals surface area (Å²) in [4.78, 5) is 7.25. The normalized spacial score (nSPS) is 17.6. The summed E-state index contributed by atoms with van der Waals surface area (Å²) < 4.78 is 8.01. The van der Waals surface area contributed by atoms with Gasteiger partial charge in [0.2, 0.25) is 0 Å². The van der Waals surface area contributed by atoms with Crippen molar-refractivity contribution in [2.24, 2.45) is 7.05 Å². The Morgan fingerprint density at radius 1 is 1.07 bits per heavy atom. The van der Waals surface area contributed by atoms with Gasteiger partial charge in [0.25, 0.3) is 0 Å². The highest BCUT2D eigenvalue weighted by Gasteiger charge is 2.24. The van der Waals surface area contributed by atoms with Gasteiger partial charge in [-0.25, -0.2) is 0 Å². The Labute approximate surface area is 173 Å². The maximum Gasteiger partial charge on any atom is 0.112 e. The average Bonchev–Trinajstić information content (AvgIpc) is 3.00. The molecule has 4 rings (SSSR count). The van der Waals surface area contributed by atoms with E-state index in [-0.39, 0.29) is 6.10 Å². The van der Waals surface area contributed by atoms with Crippen LogP contribution in [0.3, 0.4) is 0 Å². The van der Waals surface area contributed by atoms with Crippen molar-refractivity contribution >= 4 is 0 Å². The van der Waals surface area contributed by atoms with E-state index in [1.165, 1.54) is 22.3 Å². The van der Waals surface area contributed by atoms with Crippen LogP contribution in [0, 0.1) is 20.8 Å². The van der Waals surface area contributed by atoms with Gasteiger partial charge < -0.3 is 4.74 Å². The molecule has 0 spiro atoms. The van der Waals surface area contributed by atoms with Crippen LogP contribution in [-0.4, -0.2) is 39.4 Å². The SMILES string of the molecule is Cc1ccc(Cc2cc(C)nc([C@H]3CN(Cc4cn(C)nc4C)CCO3)c2)cc1. The number of hydrogen-bond acceptors (Lipinski definition) is 4. The lowest BCUT2D eigenvalue weighted by atomic mass is 10.0. The Kier molecular flexibility index (Phi) is 5.79. The fraction of sp³-hybridized carbons (Fsp3) is 0.417. The molecule has 1 atom stereocenters. The molecule has 1 aliphatic heterocycles. The molecule has 1 aliphatic rings. The number of aryl methyl sites for hydroxylation is 4. The van der Waals surface area contributed by atoms with Gasteiger partial charge in [-0.15, -0.1) is 0 Å². The molecule has 152 valence electrons. The van der Waals surface area contributed by atoms with Crippen molar-refractivity contribution in [1.29, 1.82) is 0 Å². The van der Waals surface area contributed by atoms with E-state index in [1.807, 2.05) is 11.7 Å². The van der Waals surface area contributed by atoms with E-state index < -0.39 is 0 Å². The van der Waals surface area contributed by atoms with Gasteiger partial charge in [-0.05, 0) is 50.5 Å². The number of nitrogens with zero attached hydrogens (tertiary/aromatic N) is 4. The van der Waals surface area contributed by atoms with Crippen molar-refractivity contribution in [3.63, 3.8) is 0 Å². The molecule has 5 heteroatoms. The van der Waals surface area contributed by atoms with E-state index in [2.05, 4.69) is 73.4 Å². The first kappa shape index (κ1) is 19.8. The maximum atomic E-state index is 6.12. The van der Waals surface area contributed by atoms with Gasteiger partial charge in [0.1, 0.15) is 6.10 Å². The topological polar surface area (TPSA) is 43.2 Å². The lowest BCUT2D eigenvalue weighted by Gasteiger charge is -2.32. The lowest BCUT2D eigenvalue weighted by molar-refractivity contribution is -0.0351. The standard InChI is InChI=1S/C24H30N4O/c1-17-5-7-20(8-6-17)12-21-11-18(2)25-23(13-21)24-16-28(9-10-29-24)15-22-14-27(4)26-19(22)3/h5-8,11,13-14,24H,9-10,12,15-16H2,1-4H3/t24-/m1/s1. The maximum absolute atomic E-state index is 6.12. The predicted molar refractivity (Wildman–Crippen MR) is 115 cm³/mol. The summed E-state index contributed by atoms with van der Waals surface area (Å²) in [7, 11) is 1.98. The minimum Gasteiger partial charge on any atom is -0.369 e. The molecule has 29 heavy (non-hydrogen) atoms. The van der Waals surface area contributed by atoms with E-state index in [9.17, 15) is 0 Å². The van der Waals surface area contributed by atoms with Crippen molar-refractivity contribution in [3.05, 3.63) is 81.9 Å². The second-order valence-corrected chi connectivity index (χ2v) is 8.21. The van der Waals surface area contributed by atoms with Crippen LogP contribution in [0.25, 0.3) is 0 Å². The van der Waals surface area contributed by atoms with Gasteiger partial charge in [0.05, 0.1) is 18.0 Å². The summed E-state index contributed by atoms with van der Waals surface area (Å²) in [5, 5.41) is 4.47. The Hall–Kier alpha value is -2.50. The summed E-state index contributed by atoms with van der Waals surface area (Å²) in [6, 6.07) is 13.2. The van der Waals surface area contributed by atoms with Crippen LogP contribution in [0.1, 0.15) is 45.4 Å². The molecule has 0 unspecified atom stereocenters. The quantitative estimate of drug-likeness (QED) is 0.663. The second kappa shape index (κ2) is 8.47. The molecule has 1 aromatic carbocycles. The van der Waals surface area contributed by atoms with Crippen LogP contribution in [0.2, 0.25) is 0 Å². The zero-order chi connectivity index (χ0) is 20.4. The predicted octanol–water partition coefficient (Wildman–Crippen LogP) is 3.90. The number of aromatic nitrogens is 3. The van der Waals surface area contributed by atoms with Crippen molar-refractivity contribution in [2.75, 3.05) is 19.7 Å². The average molecular weight is 391 g/mol. The second-order valence-electron chi connectivity index (χ2n) is 8.21. The summed E-state index contributed by atoms with van der Waals surface area (Å²) in [6.07, 6.45) is 3.05. The first-order valence-corrected chi connectivity index (χ1v) is 10.3. The number of pyridine rings is 1. The fourth-order valence-electron chi connectivity index (χ4n) is 4.05. The van der Waals surface area contributed by atoms with Gasteiger partial charge >= 0.3 is 0 Å². The third kappa shape index (κ3) is 4.92. The minimum atomic E-state index is 0.0115. The van der Waals surface area contributed by atoms with Crippen LogP contribution in [0.4, 0.5) is 0 Å². The Balaban J connectivity index is 1.49. The number of hydrogen-bond donors (Lipinski definition) is 0. The highest BCUT2D eigenvalue weighted by Crippen LogP contribution is 2.24. The highest BCUT2D eigenvalue weighted by molar-refractivity contribution is 5.31. The zero-order valence-electron chi connectivity index (χ0n) is 17.9. The van der Waals surface area contributed by atoms with Gasteiger partial charge in [0, 0.05) is 44.1 Å². The molecule has 0 saturated carbocycles. The first-order chi connectivity index (χ1) is 14.0. The number of rotatable bonds is 5. The van der Waals surface area contributed by atoms with Crippen molar-refractivity contribution in [1.82, 2.24) is 19.7 Å². The van der Waals surface area contributed by atoms with Crippen LogP contribution < -0.4 is 0 Å². The van der Waals surface area contributed by atoms with Crippen LogP contribution >= 0.6 is 0 Å². The molecule has 3 heterocycles. The van der Waals surface area contributed by atoms with Crippen molar-refractivity contribution < 1.29 is 4.74 Å². The molecule has 1 saturated heterocycles. The van der Waals surface area contributed by atoms with Gasteiger partial charge in [-0.3, -0.25) is 14.6 Å². The molecule has 0 aliphatic carbocycles. The van der Waals surface area contributed by atoms with E-state index in [0.29, 0.717) is 0 Å². The molecule has 1 fully saturated rings. The van der Waals surface area contributed by atoms with Crippen LogP contribution in [0.15, 0.2) is 42.6 Å². The van der Waals surface area contributed by atoms with E-state index in [0.717, 1.165) is 49.7 Å². The van der Waals surface area contributed by atoms with Crippen LogP contribution in [0.5, 0.6) is 0 Å². The minimum absolute atomic E-state index is 0.0115. The van der Waals surface area contributed by atoms with E-state index in [4.69, 9.17) is 9.72 Å². The molecule has 3 aromatic rings. The molecule has 0 bridgehead atoms. The van der Waals surface area contributed by atoms with Gasteiger partial charge in [0.15, 0.2) is 0 Å². The van der Waals surface area contributed by atoms with Gasteiger partial charge in [-0.2, -0.15) is 5.10 Å². The summed E-state index contributed by atoms with van der Waals surface area (Å²) in [5.74, 6) is 0. The Morgan fingerprint density at radius 2 is 1.86 bits per heavy atom. The first-order valence-electron chi connectivity index (χ1n) is 10.3. The summed E-state index contributed by atoms with van der Waals surface area (Å²) in [6.45, 7) is 9.70. The van der Waals surface area contributed by atoms with Crippen molar-refractivity contribution in [2.45, 2.75) is 39.8 Å². The Bertz CT molecular complexity index is 977. The number of benzene rings is 1. The fourth-order valence-corrected chi connectivity index (χ4v) is 4.05. The number of ether oxygens (including phenoxy) is 1. The monoisotopic (exact) mass is 390 g/mol. The largest absolute Gasteiger partial charge is 0.369 e. The number of morpholine rings is 1. The van der Waals surface area contributed by atoms with Crippen molar-refractivity contribution in [3.8, 4) is 0 Å². The van der Waals surface area contributed by atoms with Crippen LogP contribution in [-0.2, 0) is 24.8 Å². The molecule has 0 radical (unpaired) electrons. The highest BCUT2D eigenvalue weighted by atomic mass is 16.5. The lowest BCUT2D eigenvalue weighted by Crippen LogP contribution is -2.38. The van der Waals surface area contributed by atoms with E-state index in [1.54, 1.807) is 0 Å². The van der Waals surface area contributed by atoms with Gasteiger partial charge in [-0.1, -0.05) is 29.8 Å². The summed E-state index contributed by atoms with van der Waals surface area (Å²) >= 11 is 0. The van der Waals surface area contributed by atoms with E-state index >= 15 is 0 Å². The molecule has 2 aromatic heterocycles. The molecule has 0 amide bonds. The molecule has 0 N–H and O–H groups in total. The smallest absolute Gasteiger partial charge is 0.112 e. The Morgan fingerprint density at radius 3 is 2.59 bits per heavy atom.